The Morgan fingerprint density at radius 1 is 1.17 bits per heavy atom. The zero-order valence-electron chi connectivity index (χ0n) is 12.9. The van der Waals surface area contributed by atoms with Gasteiger partial charge in [0.15, 0.2) is 11.5 Å². The normalized spacial score (nSPS) is 21.0. The standard InChI is InChI=1S/C18H19NO5/c20-15(10-4-2-1-3-5-10)9-13-12-8-17(22)16(21)7-11(12)6-14(19-13)18(23)24/h1-5,7-8,13-15,19-22H,6,9H2,(H,23,24). The number of phenols is 2. The van der Waals surface area contributed by atoms with E-state index in [1.807, 2.05) is 18.2 Å². The first-order chi connectivity index (χ1) is 11.5. The van der Waals surface area contributed by atoms with Crippen LogP contribution in [-0.4, -0.2) is 32.4 Å². The Bertz CT molecular complexity index is 747. The monoisotopic (exact) mass is 329 g/mol. The Labute approximate surface area is 139 Å². The number of aliphatic hydroxyl groups excluding tert-OH is 1. The quantitative estimate of drug-likeness (QED) is 0.548. The average molecular weight is 329 g/mol. The molecule has 2 aromatic rings. The summed E-state index contributed by atoms with van der Waals surface area (Å²) in [7, 11) is 0. The van der Waals surface area contributed by atoms with Crippen LogP contribution in [-0.2, 0) is 11.2 Å². The maximum atomic E-state index is 11.4. The summed E-state index contributed by atoms with van der Waals surface area (Å²) < 4.78 is 0. The van der Waals surface area contributed by atoms with E-state index >= 15 is 0 Å². The first-order valence-corrected chi connectivity index (χ1v) is 7.72. The number of aliphatic carboxylic acids is 1. The molecule has 3 atom stereocenters. The fourth-order valence-corrected chi connectivity index (χ4v) is 3.14. The van der Waals surface area contributed by atoms with Gasteiger partial charge in [0.1, 0.15) is 6.04 Å². The largest absolute Gasteiger partial charge is 0.504 e. The molecular formula is C18H19NO5. The summed E-state index contributed by atoms with van der Waals surface area (Å²) in [5, 5.41) is 42.2. The van der Waals surface area contributed by atoms with Gasteiger partial charge in [0.05, 0.1) is 6.10 Å². The lowest BCUT2D eigenvalue weighted by Gasteiger charge is -2.32. The number of phenolic OH excluding ortho intramolecular Hbond substituents is 2. The lowest BCUT2D eigenvalue weighted by atomic mass is 9.86. The van der Waals surface area contributed by atoms with Crippen LogP contribution in [0.2, 0.25) is 0 Å². The van der Waals surface area contributed by atoms with Crippen LogP contribution in [0.15, 0.2) is 42.5 Å². The molecule has 1 aliphatic heterocycles. The van der Waals surface area contributed by atoms with Gasteiger partial charge >= 0.3 is 5.97 Å². The van der Waals surface area contributed by atoms with Crippen molar-refractivity contribution in [1.29, 1.82) is 0 Å². The van der Waals surface area contributed by atoms with Crippen molar-refractivity contribution in [3.8, 4) is 11.5 Å². The van der Waals surface area contributed by atoms with Gasteiger partial charge in [-0.1, -0.05) is 30.3 Å². The predicted octanol–water partition coefficient (Wildman–Crippen LogP) is 1.86. The molecule has 5 N–H and O–H groups in total. The van der Waals surface area contributed by atoms with Crippen LogP contribution >= 0.6 is 0 Å². The number of aromatic hydroxyl groups is 2. The SMILES string of the molecule is O=C(O)C1Cc2cc(O)c(O)cc2C(CC(O)c2ccccc2)N1. The van der Waals surface area contributed by atoms with Gasteiger partial charge in [-0.05, 0) is 41.7 Å². The number of benzene rings is 2. The number of nitrogens with one attached hydrogen (secondary N) is 1. The third-order valence-electron chi connectivity index (χ3n) is 4.38. The summed E-state index contributed by atoms with van der Waals surface area (Å²) in [6, 6.07) is 10.7. The number of hydrogen-bond acceptors (Lipinski definition) is 5. The highest BCUT2D eigenvalue weighted by Crippen LogP contribution is 2.38. The van der Waals surface area contributed by atoms with Gasteiger partial charge in [0.25, 0.3) is 0 Å². The van der Waals surface area contributed by atoms with Crippen molar-refractivity contribution in [1.82, 2.24) is 5.32 Å². The molecule has 0 spiro atoms. The first-order valence-electron chi connectivity index (χ1n) is 7.72. The molecule has 6 nitrogen and oxygen atoms in total. The third kappa shape index (κ3) is 3.20. The average Bonchev–Trinajstić information content (AvgIpc) is 2.57. The molecule has 1 aliphatic rings. The van der Waals surface area contributed by atoms with Crippen LogP contribution in [0.5, 0.6) is 11.5 Å². The second-order valence-corrected chi connectivity index (χ2v) is 6.02. The van der Waals surface area contributed by atoms with E-state index < -0.39 is 24.2 Å². The van der Waals surface area contributed by atoms with Crippen LogP contribution in [0.4, 0.5) is 0 Å². The summed E-state index contributed by atoms with van der Waals surface area (Å²) in [4.78, 5) is 11.4. The molecule has 2 aromatic carbocycles. The van der Waals surface area contributed by atoms with Crippen LogP contribution in [0.25, 0.3) is 0 Å². The summed E-state index contributed by atoms with van der Waals surface area (Å²) >= 11 is 0. The smallest absolute Gasteiger partial charge is 0.321 e. The first kappa shape index (κ1) is 16.3. The highest BCUT2D eigenvalue weighted by atomic mass is 16.4. The van der Waals surface area contributed by atoms with E-state index in [9.17, 15) is 25.2 Å². The molecule has 24 heavy (non-hydrogen) atoms. The van der Waals surface area contributed by atoms with Crippen LogP contribution < -0.4 is 5.32 Å². The van der Waals surface area contributed by atoms with Crippen molar-refractivity contribution in [2.24, 2.45) is 0 Å². The van der Waals surface area contributed by atoms with Gasteiger partial charge in [-0.15, -0.1) is 0 Å². The molecule has 0 aliphatic carbocycles. The van der Waals surface area contributed by atoms with Crippen molar-refractivity contribution in [3.63, 3.8) is 0 Å². The fraction of sp³-hybridized carbons (Fsp3) is 0.278. The van der Waals surface area contributed by atoms with Crippen LogP contribution in [0, 0.1) is 0 Å². The van der Waals surface area contributed by atoms with Gasteiger partial charge in [-0.3, -0.25) is 10.1 Å². The molecule has 0 aromatic heterocycles. The third-order valence-corrected chi connectivity index (χ3v) is 4.38. The van der Waals surface area contributed by atoms with Crippen LogP contribution in [0.1, 0.15) is 35.3 Å². The molecule has 0 radical (unpaired) electrons. The zero-order chi connectivity index (χ0) is 17.3. The van der Waals surface area contributed by atoms with Crippen molar-refractivity contribution in [2.45, 2.75) is 31.0 Å². The number of carboxylic acid groups (broad SMARTS) is 1. The number of rotatable bonds is 4. The van der Waals surface area contributed by atoms with Crippen LogP contribution in [0.3, 0.4) is 0 Å². The van der Waals surface area contributed by atoms with Gasteiger partial charge in [-0.2, -0.15) is 0 Å². The van der Waals surface area contributed by atoms with Crippen molar-refractivity contribution >= 4 is 5.97 Å². The minimum atomic E-state index is -0.993. The van der Waals surface area contributed by atoms with Crippen molar-refractivity contribution in [3.05, 3.63) is 59.2 Å². The summed E-state index contributed by atoms with van der Waals surface area (Å²) in [5.74, 6) is -1.53. The van der Waals surface area contributed by atoms with E-state index in [0.717, 1.165) is 5.56 Å². The van der Waals surface area contributed by atoms with E-state index in [2.05, 4.69) is 5.32 Å². The van der Waals surface area contributed by atoms with Crippen molar-refractivity contribution in [2.75, 3.05) is 0 Å². The van der Waals surface area contributed by atoms with Gasteiger partial charge < -0.3 is 20.4 Å². The van der Waals surface area contributed by atoms with Crippen molar-refractivity contribution < 1.29 is 25.2 Å². The van der Waals surface area contributed by atoms with E-state index in [-0.39, 0.29) is 24.3 Å². The molecule has 3 unspecified atom stereocenters. The Morgan fingerprint density at radius 2 is 1.83 bits per heavy atom. The Kier molecular flexibility index (Phi) is 4.42. The van der Waals surface area contributed by atoms with E-state index in [0.29, 0.717) is 11.1 Å². The minimum absolute atomic E-state index is 0.205. The van der Waals surface area contributed by atoms with Gasteiger partial charge in [0.2, 0.25) is 0 Å². The molecule has 0 saturated heterocycles. The molecule has 3 rings (SSSR count). The summed E-state index contributed by atoms with van der Waals surface area (Å²) in [6.45, 7) is 0. The minimum Gasteiger partial charge on any atom is -0.504 e. The molecule has 0 bridgehead atoms. The Morgan fingerprint density at radius 3 is 2.50 bits per heavy atom. The van der Waals surface area contributed by atoms with E-state index in [1.165, 1.54) is 12.1 Å². The Balaban J connectivity index is 1.91. The fourth-order valence-electron chi connectivity index (χ4n) is 3.14. The van der Waals surface area contributed by atoms with Gasteiger partial charge in [0, 0.05) is 6.04 Å². The molecule has 0 saturated carbocycles. The summed E-state index contributed by atoms with van der Waals surface area (Å²) in [6.07, 6.45) is -0.318. The highest BCUT2D eigenvalue weighted by molar-refractivity contribution is 5.75. The molecule has 0 amide bonds. The van der Waals surface area contributed by atoms with Gasteiger partial charge in [-0.25, -0.2) is 0 Å². The lowest BCUT2D eigenvalue weighted by molar-refractivity contribution is -0.140. The molecule has 6 heteroatoms. The topological polar surface area (TPSA) is 110 Å². The number of carbonyl (C=O) groups is 1. The maximum absolute atomic E-state index is 11.4. The highest BCUT2D eigenvalue weighted by Gasteiger charge is 2.32. The van der Waals surface area contributed by atoms with E-state index in [1.54, 1.807) is 12.1 Å². The molecule has 1 heterocycles. The molecular weight excluding hydrogens is 310 g/mol. The zero-order valence-corrected chi connectivity index (χ0v) is 12.9. The molecule has 126 valence electrons. The summed E-state index contributed by atoms with van der Waals surface area (Å²) in [5.41, 5.74) is 2.08. The Hall–Kier alpha value is -2.57. The number of carboxylic acids is 1. The number of hydrogen-bond donors (Lipinski definition) is 5. The second kappa shape index (κ2) is 6.51. The maximum Gasteiger partial charge on any atom is 0.321 e. The second-order valence-electron chi connectivity index (χ2n) is 6.02. The predicted molar refractivity (Wildman–Crippen MR) is 86.8 cm³/mol. The number of aliphatic hydroxyl groups is 1. The van der Waals surface area contributed by atoms with E-state index in [4.69, 9.17) is 0 Å². The number of fused-ring (bicyclic) bond motifs is 1. The molecule has 0 fully saturated rings. The lowest BCUT2D eigenvalue weighted by Crippen LogP contribution is -2.45.